The van der Waals surface area contributed by atoms with Gasteiger partial charge in [0.2, 0.25) is 0 Å². The van der Waals surface area contributed by atoms with Gasteiger partial charge in [0.25, 0.3) is 0 Å². The van der Waals surface area contributed by atoms with Crippen molar-refractivity contribution in [2.45, 2.75) is 6.92 Å². The van der Waals surface area contributed by atoms with Gasteiger partial charge < -0.3 is 9.84 Å². The van der Waals surface area contributed by atoms with Gasteiger partial charge in [0.05, 0.1) is 18.2 Å². The van der Waals surface area contributed by atoms with Crippen LogP contribution in [0, 0.1) is 11.3 Å². The number of ether oxygens (including phenoxy) is 1. The molecule has 0 saturated carbocycles. The molecule has 0 aromatic heterocycles. The maximum atomic E-state index is 11.8. The van der Waals surface area contributed by atoms with Crippen LogP contribution in [0.1, 0.15) is 23.6 Å². The van der Waals surface area contributed by atoms with Gasteiger partial charge in [-0.05, 0) is 24.1 Å². The molecule has 2 aromatic carbocycles. The largest absolute Gasteiger partial charge is 0.478 e. The number of hydrogen-bond donors (Lipinski definition) is 1. The quantitative estimate of drug-likeness (QED) is 0.655. The summed E-state index contributed by atoms with van der Waals surface area (Å²) in [5.74, 6) is -1.39. The molecule has 0 bridgehead atoms. The van der Waals surface area contributed by atoms with Crippen molar-refractivity contribution in [2.75, 3.05) is 6.61 Å². The molecule has 0 saturated heterocycles. The topological polar surface area (TPSA) is 87.4 Å². The highest BCUT2D eigenvalue weighted by Gasteiger charge is 2.11. The van der Waals surface area contributed by atoms with E-state index in [-0.39, 0.29) is 0 Å². The molecule has 0 unspecified atom stereocenters. The second-order valence-corrected chi connectivity index (χ2v) is 4.88. The number of esters is 1. The first-order chi connectivity index (χ1) is 12.5. The molecular formula is C21H19NO4. The number of nitrogens with zero attached hydrogens (tertiary/aromatic N) is 1. The maximum Gasteiger partial charge on any atom is 0.331 e. The summed E-state index contributed by atoms with van der Waals surface area (Å²) < 4.78 is 4.99. The van der Waals surface area contributed by atoms with Gasteiger partial charge in [-0.1, -0.05) is 55.1 Å². The summed E-state index contributed by atoms with van der Waals surface area (Å²) in [5.41, 5.74) is 2.80. The highest BCUT2D eigenvalue weighted by atomic mass is 16.5. The van der Waals surface area contributed by atoms with E-state index in [2.05, 4.69) is 12.6 Å². The Bertz CT molecular complexity index is 833. The van der Waals surface area contributed by atoms with Gasteiger partial charge in [-0.3, -0.25) is 0 Å². The molecule has 0 radical (unpaired) electrons. The summed E-state index contributed by atoms with van der Waals surface area (Å²) in [6.07, 6.45) is 2.27. The third-order valence-corrected chi connectivity index (χ3v) is 3.15. The Morgan fingerprint density at radius 3 is 2.27 bits per heavy atom. The van der Waals surface area contributed by atoms with E-state index in [0.29, 0.717) is 17.7 Å². The van der Waals surface area contributed by atoms with E-state index in [1.54, 1.807) is 19.1 Å². The Balaban J connectivity index is 0.000000597. The Morgan fingerprint density at radius 2 is 1.73 bits per heavy atom. The molecule has 0 atom stereocenters. The van der Waals surface area contributed by atoms with E-state index in [9.17, 15) is 14.9 Å². The third-order valence-electron chi connectivity index (χ3n) is 3.15. The van der Waals surface area contributed by atoms with Gasteiger partial charge in [0.15, 0.2) is 0 Å². The van der Waals surface area contributed by atoms with Crippen LogP contribution in [0.25, 0.3) is 5.57 Å². The van der Waals surface area contributed by atoms with Crippen LogP contribution in [-0.2, 0) is 14.3 Å². The molecule has 5 heteroatoms. The molecule has 0 aliphatic heterocycles. The van der Waals surface area contributed by atoms with E-state index in [1.165, 1.54) is 6.08 Å². The molecule has 2 rings (SSSR count). The number of nitriles is 1. The fourth-order valence-electron chi connectivity index (χ4n) is 2.05. The second kappa shape index (κ2) is 11.0. The highest BCUT2D eigenvalue weighted by molar-refractivity contribution is 5.97. The van der Waals surface area contributed by atoms with Gasteiger partial charge in [-0.15, -0.1) is 0 Å². The molecular weight excluding hydrogens is 330 g/mol. The standard InChI is InChI=1S/C18H15NO2.C3H4O2/c1-2-21-18(20)12-17(14-8-4-3-5-9-14)16-11-7-6-10-15(16)13-19;1-2-3(4)5/h3-12H,2H2,1H3;2H,1H2,(H,4,5). The molecule has 0 heterocycles. The number of carbonyl (C=O) groups is 2. The van der Waals surface area contributed by atoms with Crippen LogP contribution in [-0.4, -0.2) is 23.7 Å². The van der Waals surface area contributed by atoms with E-state index >= 15 is 0 Å². The average Bonchev–Trinajstić information content (AvgIpc) is 2.67. The predicted octanol–water partition coefficient (Wildman–Crippen LogP) is 3.81. The van der Waals surface area contributed by atoms with E-state index in [1.807, 2.05) is 42.5 Å². The number of carboxylic acids is 1. The number of rotatable bonds is 5. The van der Waals surface area contributed by atoms with Crippen molar-refractivity contribution in [1.82, 2.24) is 0 Å². The molecule has 0 aliphatic carbocycles. The van der Waals surface area contributed by atoms with Crippen LogP contribution in [0.2, 0.25) is 0 Å². The molecule has 26 heavy (non-hydrogen) atoms. The lowest BCUT2D eigenvalue weighted by atomic mass is 9.94. The number of hydrogen-bond acceptors (Lipinski definition) is 4. The van der Waals surface area contributed by atoms with E-state index in [4.69, 9.17) is 9.84 Å². The molecule has 0 aliphatic rings. The Labute approximate surface area is 152 Å². The summed E-state index contributed by atoms with van der Waals surface area (Å²) >= 11 is 0. The van der Waals surface area contributed by atoms with E-state index < -0.39 is 11.9 Å². The second-order valence-electron chi connectivity index (χ2n) is 4.88. The highest BCUT2D eigenvalue weighted by Crippen LogP contribution is 2.26. The smallest absolute Gasteiger partial charge is 0.331 e. The molecule has 132 valence electrons. The summed E-state index contributed by atoms with van der Waals surface area (Å²) in [6, 6.07) is 18.9. The Morgan fingerprint density at radius 1 is 1.15 bits per heavy atom. The SMILES string of the molecule is C=CC(=O)O.CCOC(=O)C=C(c1ccccc1)c1ccccc1C#N. The number of carboxylic acid groups (broad SMARTS) is 1. The molecule has 0 spiro atoms. The van der Waals surface area contributed by atoms with Gasteiger partial charge in [-0.25, -0.2) is 9.59 Å². The normalized spacial score (nSPS) is 9.92. The van der Waals surface area contributed by atoms with Crippen molar-refractivity contribution < 1.29 is 19.4 Å². The van der Waals surface area contributed by atoms with Gasteiger partial charge in [0, 0.05) is 17.7 Å². The van der Waals surface area contributed by atoms with Crippen LogP contribution in [0.3, 0.4) is 0 Å². The molecule has 0 fully saturated rings. The maximum absolute atomic E-state index is 11.8. The monoisotopic (exact) mass is 349 g/mol. The first-order valence-corrected chi connectivity index (χ1v) is 7.82. The molecule has 5 nitrogen and oxygen atoms in total. The minimum Gasteiger partial charge on any atom is -0.478 e. The van der Waals surface area contributed by atoms with Crippen molar-refractivity contribution in [3.8, 4) is 6.07 Å². The first-order valence-electron chi connectivity index (χ1n) is 7.82. The van der Waals surface area contributed by atoms with Crippen molar-refractivity contribution in [1.29, 1.82) is 5.26 Å². The van der Waals surface area contributed by atoms with Crippen molar-refractivity contribution in [3.05, 3.63) is 90.0 Å². The van der Waals surface area contributed by atoms with Crippen molar-refractivity contribution in [3.63, 3.8) is 0 Å². The van der Waals surface area contributed by atoms with E-state index in [0.717, 1.165) is 17.2 Å². The summed E-state index contributed by atoms with van der Waals surface area (Å²) in [5, 5.41) is 16.9. The summed E-state index contributed by atoms with van der Waals surface area (Å²) in [7, 11) is 0. The minimum absolute atomic E-state index is 0.317. The molecule has 1 N–H and O–H groups in total. The average molecular weight is 349 g/mol. The van der Waals surface area contributed by atoms with Crippen LogP contribution in [0.15, 0.2) is 73.3 Å². The Kier molecular flexibility index (Phi) is 8.63. The number of carbonyl (C=O) groups excluding carboxylic acids is 1. The van der Waals surface area contributed by atoms with Crippen LogP contribution in [0.4, 0.5) is 0 Å². The fourth-order valence-corrected chi connectivity index (χ4v) is 2.05. The summed E-state index contributed by atoms with van der Waals surface area (Å²) in [6.45, 7) is 5.04. The Hall–Kier alpha value is -3.65. The lowest BCUT2D eigenvalue weighted by molar-refractivity contribution is -0.137. The van der Waals surface area contributed by atoms with Crippen molar-refractivity contribution >= 4 is 17.5 Å². The lowest BCUT2D eigenvalue weighted by Crippen LogP contribution is -2.02. The zero-order valence-electron chi connectivity index (χ0n) is 14.4. The van der Waals surface area contributed by atoms with Gasteiger partial charge >= 0.3 is 11.9 Å². The van der Waals surface area contributed by atoms with Gasteiger partial charge in [-0.2, -0.15) is 5.26 Å². The third kappa shape index (κ3) is 6.46. The zero-order chi connectivity index (χ0) is 19.4. The fraction of sp³-hybridized carbons (Fsp3) is 0.0952. The van der Waals surface area contributed by atoms with Crippen LogP contribution in [0.5, 0.6) is 0 Å². The zero-order valence-corrected chi connectivity index (χ0v) is 14.4. The first kappa shape index (κ1) is 20.4. The predicted molar refractivity (Wildman–Crippen MR) is 99.1 cm³/mol. The number of benzene rings is 2. The van der Waals surface area contributed by atoms with Crippen LogP contribution < -0.4 is 0 Å². The lowest BCUT2D eigenvalue weighted by Gasteiger charge is -2.10. The molecule has 0 amide bonds. The minimum atomic E-state index is -0.981. The van der Waals surface area contributed by atoms with Gasteiger partial charge in [0.1, 0.15) is 0 Å². The summed E-state index contributed by atoms with van der Waals surface area (Å²) in [4.78, 5) is 21.1. The van der Waals surface area contributed by atoms with Crippen molar-refractivity contribution in [2.24, 2.45) is 0 Å². The van der Waals surface area contributed by atoms with Crippen LogP contribution >= 0.6 is 0 Å². The molecule has 2 aromatic rings. The number of aliphatic carboxylic acids is 1.